The van der Waals surface area contributed by atoms with E-state index in [1.807, 2.05) is 25.0 Å². The van der Waals surface area contributed by atoms with E-state index in [4.69, 9.17) is 4.74 Å². The lowest BCUT2D eigenvalue weighted by Gasteiger charge is -2.32. The molecular formula is C16H20FN3O. The molecule has 0 fully saturated rings. The fourth-order valence-electron chi connectivity index (χ4n) is 3.00. The number of aromatic nitrogens is 2. The van der Waals surface area contributed by atoms with Crippen molar-refractivity contribution >= 4 is 0 Å². The first-order valence-corrected chi connectivity index (χ1v) is 7.28. The predicted octanol–water partition coefficient (Wildman–Crippen LogP) is 2.91. The van der Waals surface area contributed by atoms with Crippen molar-refractivity contribution in [1.82, 2.24) is 15.1 Å². The fraction of sp³-hybridized carbons (Fsp3) is 0.438. The SMILES string of the molecule is CCc1nn(C)cc1C1CC(NC)c2cc(F)ccc2O1. The summed E-state index contributed by atoms with van der Waals surface area (Å²) in [6.45, 7) is 2.09. The monoisotopic (exact) mass is 289 g/mol. The summed E-state index contributed by atoms with van der Waals surface area (Å²) < 4.78 is 21.4. The van der Waals surface area contributed by atoms with Crippen molar-refractivity contribution in [3.63, 3.8) is 0 Å². The lowest BCUT2D eigenvalue weighted by Crippen LogP contribution is -2.27. The van der Waals surface area contributed by atoms with Gasteiger partial charge in [0.1, 0.15) is 17.7 Å². The van der Waals surface area contributed by atoms with Crippen LogP contribution in [0.1, 0.15) is 42.3 Å². The van der Waals surface area contributed by atoms with Gasteiger partial charge in [0, 0.05) is 36.8 Å². The van der Waals surface area contributed by atoms with Crippen LogP contribution in [0.5, 0.6) is 5.75 Å². The Morgan fingerprint density at radius 3 is 2.95 bits per heavy atom. The topological polar surface area (TPSA) is 39.1 Å². The fourth-order valence-corrected chi connectivity index (χ4v) is 3.00. The summed E-state index contributed by atoms with van der Waals surface area (Å²) in [7, 11) is 3.82. The van der Waals surface area contributed by atoms with E-state index in [0.29, 0.717) is 0 Å². The third-order valence-electron chi connectivity index (χ3n) is 4.03. The third kappa shape index (κ3) is 2.53. The second-order valence-corrected chi connectivity index (χ2v) is 5.42. The van der Waals surface area contributed by atoms with Crippen molar-refractivity contribution < 1.29 is 9.13 Å². The van der Waals surface area contributed by atoms with E-state index in [9.17, 15) is 4.39 Å². The highest BCUT2D eigenvalue weighted by atomic mass is 19.1. The summed E-state index contributed by atoms with van der Waals surface area (Å²) in [4.78, 5) is 0. The van der Waals surface area contributed by atoms with Crippen LogP contribution in [0.4, 0.5) is 4.39 Å². The smallest absolute Gasteiger partial charge is 0.129 e. The molecule has 1 aliphatic heterocycles. The Morgan fingerprint density at radius 1 is 1.43 bits per heavy atom. The lowest BCUT2D eigenvalue weighted by atomic mass is 9.93. The molecule has 5 heteroatoms. The molecule has 21 heavy (non-hydrogen) atoms. The highest BCUT2D eigenvalue weighted by molar-refractivity contribution is 5.40. The molecule has 1 N–H and O–H groups in total. The van der Waals surface area contributed by atoms with E-state index >= 15 is 0 Å². The van der Waals surface area contributed by atoms with Crippen molar-refractivity contribution in [2.45, 2.75) is 31.9 Å². The largest absolute Gasteiger partial charge is 0.485 e. The minimum Gasteiger partial charge on any atom is -0.485 e. The molecule has 1 aromatic heterocycles. The van der Waals surface area contributed by atoms with Crippen molar-refractivity contribution in [1.29, 1.82) is 0 Å². The molecule has 0 radical (unpaired) electrons. The zero-order valence-electron chi connectivity index (χ0n) is 12.6. The van der Waals surface area contributed by atoms with Gasteiger partial charge in [0.15, 0.2) is 0 Å². The first kappa shape index (κ1) is 14.1. The quantitative estimate of drug-likeness (QED) is 0.944. The number of hydrogen-bond donors (Lipinski definition) is 1. The zero-order chi connectivity index (χ0) is 15.0. The number of halogens is 1. The molecule has 112 valence electrons. The number of benzene rings is 1. The molecule has 2 atom stereocenters. The van der Waals surface area contributed by atoms with Crippen molar-refractivity contribution in [2.75, 3.05) is 7.05 Å². The van der Waals surface area contributed by atoms with E-state index in [-0.39, 0.29) is 18.0 Å². The Hall–Kier alpha value is -1.88. The van der Waals surface area contributed by atoms with Gasteiger partial charge < -0.3 is 10.1 Å². The maximum absolute atomic E-state index is 13.4. The van der Waals surface area contributed by atoms with E-state index in [1.54, 1.807) is 12.1 Å². The molecule has 0 saturated carbocycles. The van der Waals surface area contributed by atoms with E-state index < -0.39 is 0 Å². The van der Waals surface area contributed by atoms with Crippen LogP contribution in [0.25, 0.3) is 0 Å². The molecule has 0 spiro atoms. The summed E-state index contributed by atoms with van der Waals surface area (Å²) in [5.41, 5.74) is 3.06. The minimum atomic E-state index is -0.230. The summed E-state index contributed by atoms with van der Waals surface area (Å²) in [5, 5.41) is 7.74. The van der Waals surface area contributed by atoms with E-state index in [0.717, 1.165) is 35.4 Å². The average Bonchev–Trinajstić information content (AvgIpc) is 2.87. The Morgan fingerprint density at radius 2 is 2.24 bits per heavy atom. The molecule has 0 aliphatic carbocycles. The van der Waals surface area contributed by atoms with Crippen LogP contribution < -0.4 is 10.1 Å². The van der Waals surface area contributed by atoms with Gasteiger partial charge >= 0.3 is 0 Å². The summed E-state index contributed by atoms with van der Waals surface area (Å²) in [6, 6.07) is 4.79. The Kier molecular flexibility index (Phi) is 3.68. The molecule has 0 saturated heterocycles. The van der Waals surface area contributed by atoms with Crippen molar-refractivity contribution in [3.05, 3.63) is 47.0 Å². The van der Waals surface area contributed by atoms with Gasteiger partial charge in [-0.15, -0.1) is 0 Å². The van der Waals surface area contributed by atoms with Gasteiger partial charge in [-0.1, -0.05) is 6.92 Å². The molecule has 1 aliphatic rings. The molecule has 2 heterocycles. The van der Waals surface area contributed by atoms with E-state index in [2.05, 4.69) is 17.3 Å². The molecule has 0 amide bonds. The van der Waals surface area contributed by atoms with Gasteiger partial charge in [0.2, 0.25) is 0 Å². The maximum Gasteiger partial charge on any atom is 0.129 e. The minimum absolute atomic E-state index is 0.0518. The molecule has 0 bridgehead atoms. The standard InChI is InChI=1S/C16H20FN3O/c1-4-13-12(9-20(3)19-13)16-8-14(18-2)11-7-10(17)5-6-15(11)21-16/h5-7,9,14,16,18H,4,8H2,1-3H3. The lowest BCUT2D eigenvalue weighted by molar-refractivity contribution is 0.152. The van der Waals surface area contributed by atoms with Gasteiger partial charge in [-0.2, -0.15) is 5.10 Å². The molecular weight excluding hydrogens is 269 g/mol. The van der Waals surface area contributed by atoms with Crippen molar-refractivity contribution in [2.24, 2.45) is 7.05 Å². The Balaban J connectivity index is 1.98. The normalized spacial score (nSPS) is 21.0. The molecule has 2 unspecified atom stereocenters. The van der Waals surface area contributed by atoms with Gasteiger partial charge in [0.25, 0.3) is 0 Å². The highest BCUT2D eigenvalue weighted by Crippen LogP contribution is 2.41. The van der Waals surface area contributed by atoms with Gasteiger partial charge in [0.05, 0.1) is 5.69 Å². The first-order valence-electron chi connectivity index (χ1n) is 7.28. The van der Waals surface area contributed by atoms with Crippen LogP contribution in [-0.4, -0.2) is 16.8 Å². The van der Waals surface area contributed by atoms with Crippen LogP contribution in [0.15, 0.2) is 24.4 Å². The van der Waals surface area contributed by atoms with Crippen LogP contribution in [0.3, 0.4) is 0 Å². The van der Waals surface area contributed by atoms with Crippen molar-refractivity contribution in [3.8, 4) is 5.75 Å². The third-order valence-corrected chi connectivity index (χ3v) is 4.03. The molecule has 2 aromatic rings. The molecule has 3 rings (SSSR count). The van der Waals surface area contributed by atoms with Gasteiger partial charge in [-0.05, 0) is 31.7 Å². The molecule has 1 aromatic carbocycles. The number of aryl methyl sites for hydroxylation is 2. The predicted molar refractivity (Wildman–Crippen MR) is 78.8 cm³/mol. The number of fused-ring (bicyclic) bond motifs is 1. The average molecular weight is 289 g/mol. The second-order valence-electron chi connectivity index (χ2n) is 5.42. The van der Waals surface area contributed by atoms with E-state index in [1.165, 1.54) is 6.07 Å². The summed E-state index contributed by atoms with van der Waals surface area (Å²) in [5.74, 6) is 0.518. The summed E-state index contributed by atoms with van der Waals surface area (Å²) >= 11 is 0. The number of rotatable bonds is 3. The number of hydrogen-bond acceptors (Lipinski definition) is 3. The second kappa shape index (κ2) is 5.48. The number of nitrogens with zero attached hydrogens (tertiary/aromatic N) is 2. The van der Waals surface area contributed by atoms with Gasteiger partial charge in [-0.25, -0.2) is 4.39 Å². The number of ether oxygens (including phenoxy) is 1. The highest BCUT2D eigenvalue weighted by Gasteiger charge is 2.31. The Labute approximate surface area is 123 Å². The zero-order valence-corrected chi connectivity index (χ0v) is 12.6. The first-order chi connectivity index (χ1) is 10.1. The van der Waals surface area contributed by atoms with Crippen LogP contribution in [0.2, 0.25) is 0 Å². The van der Waals surface area contributed by atoms with Crippen LogP contribution >= 0.6 is 0 Å². The summed E-state index contributed by atoms with van der Waals surface area (Å²) in [6.07, 6.45) is 3.61. The van der Waals surface area contributed by atoms with Gasteiger partial charge in [-0.3, -0.25) is 4.68 Å². The Bertz CT molecular complexity index is 653. The molecule has 4 nitrogen and oxygen atoms in total. The number of nitrogens with one attached hydrogen (secondary N) is 1. The maximum atomic E-state index is 13.4. The van der Waals surface area contributed by atoms with Crippen LogP contribution in [-0.2, 0) is 13.5 Å². The van der Waals surface area contributed by atoms with Crippen LogP contribution in [0, 0.1) is 5.82 Å².